The second kappa shape index (κ2) is 4.75. The molecule has 1 aromatic rings. The van der Waals surface area contributed by atoms with Gasteiger partial charge in [-0.2, -0.15) is 0 Å². The zero-order valence-electron chi connectivity index (χ0n) is 9.56. The Balaban J connectivity index is 1.91. The van der Waals surface area contributed by atoms with Crippen LogP contribution in [0.3, 0.4) is 0 Å². The van der Waals surface area contributed by atoms with Crippen LogP contribution in [0, 0.1) is 5.41 Å². The summed E-state index contributed by atoms with van der Waals surface area (Å²) < 4.78 is 5.60. The minimum absolute atomic E-state index is 0.0164. The minimum Gasteiger partial charge on any atom is -0.493 e. The standard InChI is InChI=1S/C13H16O4/c14-8-10-2-1-3-11(6-10)17-9-13(4-5-13)7-12(15)16/h1-3,6,14H,4-5,7-9H2,(H,15,16). The van der Waals surface area contributed by atoms with Crippen LogP contribution in [0.2, 0.25) is 0 Å². The number of hydrogen-bond acceptors (Lipinski definition) is 3. The van der Waals surface area contributed by atoms with E-state index >= 15 is 0 Å². The summed E-state index contributed by atoms with van der Waals surface area (Å²) in [4.78, 5) is 10.7. The quantitative estimate of drug-likeness (QED) is 0.790. The summed E-state index contributed by atoms with van der Waals surface area (Å²) in [7, 11) is 0. The molecule has 0 saturated heterocycles. The van der Waals surface area contributed by atoms with Crippen molar-refractivity contribution in [1.29, 1.82) is 0 Å². The Kier molecular flexibility index (Phi) is 3.33. The maximum Gasteiger partial charge on any atom is 0.304 e. The fraction of sp³-hybridized carbons (Fsp3) is 0.462. The molecule has 4 nitrogen and oxygen atoms in total. The first-order chi connectivity index (χ1) is 8.13. The smallest absolute Gasteiger partial charge is 0.304 e. The van der Waals surface area contributed by atoms with Crippen molar-refractivity contribution in [3.05, 3.63) is 29.8 Å². The van der Waals surface area contributed by atoms with Gasteiger partial charge in [-0.15, -0.1) is 0 Å². The van der Waals surface area contributed by atoms with Gasteiger partial charge in [0.25, 0.3) is 0 Å². The summed E-state index contributed by atoms with van der Waals surface area (Å²) in [5, 5.41) is 17.8. The van der Waals surface area contributed by atoms with Gasteiger partial charge >= 0.3 is 5.97 Å². The molecule has 17 heavy (non-hydrogen) atoms. The molecule has 0 unspecified atom stereocenters. The van der Waals surface area contributed by atoms with Crippen molar-refractivity contribution in [2.75, 3.05) is 6.61 Å². The number of carboxylic acid groups (broad SMARTS) is 1. The third-order valence-corrected chi connectivity index (χ3v) is 3.11. The van der Waals surface area contributed by atoms with Crippen LogP contribution in [0.1, 0.15) is 24.8 Å². The van der Waals surface area contributed by atoms with Gasteiger partial charge in [-0.1, -0.05) is 12.1 Å². The van der Waals surface area contributed by atoms with Crippen LogP contribution < -0.4 is 4.74 Å². The molecule has 1 aliphatic carbocycles. The monoisotopic (exact) mass is 236 g/mol. The number of ether oxygens (including phenoxy) is 1. The number of carbonyl (C=O) groups is 1. The van der Waals surface area contributed by atoms with Gasteiger partial charge in [0.15, 0.2) is 0 Å². The Morgan fingerprint density at radius 3 is 2.76 bits per heavy atom. The lowest BCUT2D eigenvalue weighted by Crippen LogP contribution is -2.17. The van der Waals surface area contributed by atoms with Crippen LogP contribution in [-0.4, -0.2) is 22.8 Å². The second-order valence-electron chi connectivity index (χ2n) is 4.66. The summed E-state index contributed by atoms with van der Waals surface area (Å²) in [6.07, 6.45) is 2.00. The summed E-state index contributed by atoms with van der Waals surface area (Å²) in [5.41, 5.74) is 0.631. The highest BCUT2D eigenvalue weighted by Crippen LogP contribution is 2.48. The molecule has 2 rings (SSSR count). The van der Waals surface area contributed by atoms with Gasteiger partial charge in [-0.05, 0) is 30.5 Å². The summed E-state index contributed by atoms with van der Waals surface area (Å²) >= 11 is 0. The lowest BCUT2D eigenvalue weighted by Gasteiger charge is -2.14. The predicted molar refractivity (Wildman–Crippen MR) is 61.8 cm³/mol. The lowest BCUT2D eigenvalue weighted by molar-refractivity contribution is -0.138. The van der Waals surface area contributed by atoms with E-state index in [9.17, 15) is 4.79 Å². The third kappa shape index (κ3) is 3.20. The van der Waals surface area contributed by atoms with Gasteiger partial charge in [0.1, 0.15) is 5.75 Å². The molecule has 92 valence electrons. The number of carboxylic acids is 1. The SMILES string of the molecule is O=C(O)CC1(COc2cccc(CO)c2)CC1. The van der Waals surface area contributed by atoms with Gasteiger partial charge in [0, 0.05) is 5.41 Å². The Bertz CT molecular complexity index is 410. The zero-order valence-corrected chi connectivity index (χ0v) is 9.56. The molecule has 1 saturated carbocycles. The molecule has 0 spiro atoms. The Morgan fingerprint density at radius 1 is 1.41 bits per heavy atom. The number of aliphatic hydroxyl groups is 1. The van der Waals surface area contributed by atoms with Crippen molar-refractivity contribution in [2.24, 2.45) is 5.41 Å². The van der Waals surface area contributed by atoms with Crippen LogP contribution in [0.5, 0.6) is 5.75 Å². The van der Waals surface area contributed by atoms with E-state index in [2.05, 4.69) is 0 Å². The van der Waals surface area contributed by atoms with Crippen molar-refractivity contribution in [2.45, 2.75) is 25.9 Å². The van der Waals surface area contributed by atoms with Gasteiger partial charge in [0.05, 0.1) is 19.6 Å². The van der Waals surface area contributed by atoms with E-state index in [-0.39, 0.29) is 18.4 Å². The first kappa shape index (κ1) is 11.9. The fourth-order valence-electron chi connectivity index (χ4n) is 1.84. The number of hydrogen-bond donors (Lipinski definition) is 2. The van der Waals surface area contributed by atoms with E-state index in [1.807, 2.05) is 18.2 Å². The van der Waals surface area contributed by atoms with Crippen LogP contribution in [0.15, 0.2) is 24.3 Å². The molecule has 0 aliphatic heterocycles. The Morgan fingerprint density at radius 2 is 2.18 bits per heavy atom. The summed E-state index contributed by atoms with van der Waals surface area (Å²) in [6.45, 7) is 0.422. The molecule has 1 aliphatic rings. The zero-order chi connectivity index (χ0) is 12.3. The molecule has 1 fully saturated rings. The molecular weight excluding hydrogens is 220 g/mol. The van der Waals surface area contributed by atoms with Gasteiger partial charge in [0.2, 0.25) is 0 Å². The molecule has 1 aromatic carbocycles. The second-order valence-corrected chi connectivity index (χ2v) is 4.66. The minimum atomic E-state index is -0.768. The highest BCUT2D eigenvalue weighted by Gasteiger charge is 2.45. The van der Waals surface area contributed by atoms with Crippen LogP contribution in [0.4, 0.5) is 0 Å². The van der Waals surface area contributed by atoms with Crippen molar-refractivity contribution in [3.8, 4) is 5.75 Å². The number of aliphatic hydroxyl groups excluding tert-OH is 1. The third-order valence-electron chi connectivity index (χ3n) is 3.11. The maximum absolute atomic E-state index is 10.7. The van der Waals surface area contributed by atoms with Crippen LogP contribution >= 0.6 is 0 Å². The molecule has 0 atom stereocenters. The molecule has 2 N–H and O–H groups in total. The molecule has 0 radical (unpaired) electrons. The molecule has 0 aromatic heterocycles. The average molecular weight is 236 g/mol. The van der Waals surface area contributed by atoms with Crippen molar-refractivity contribution in [3.63, 3.8) is 0 Å². The van der Waals surface area contributed by atoms with E-state index < -0.39 is 5.97 Å². The Hall–Kier alpha value is -1.55. The molecule has 0 heterocycles. The molecule has 0 amide bonds. The largest absolute Gasteiger partial charge is 0.493 e. The number of aliphatic carboxylic acids is 1. The van der Waals surface area contributed by atoms with Crippen molar-refractivity contribution in [1.82, 2.24) is 0 Å². The van der Waals surface area contributed by atoms with Gasteiger partial charge in [-0.3, -0.25) is 4.79 Å². The lowest BCUT2D eigenvalue weighted by atomic mass is 10.0. The predicted octanol–water partition coefficient (Wildman–Crippen LogP) is 1.81. The first-order valence-electron chi connectivity index (χ1n) is 5.68. The number of benzene rings is 1. The topological polar surface area (TPSA) is 66.8 Å². The van der Waals surface area contributed by atoms with Crippen LogP contribution in [-0.2, 0) is 11.4 Å². The summed E-state index contributed by atoms with van der Waals surface area (Å²) in [5.74, 6) is -0.0802. The van der Waals surface area contributed by atoms with Crippen molar-refractivity contribution >= 4 is 5.97 Å². The maximum atomic E-state index is 10.7. The summed E-state index contributed by atoms with van der Waals surface area (Å²) in [6, 6.07) is 7.22. The highest BCUT2D eigenvalue weighted by atomic mass is 16.5. The normalized spacial score (nSPS) is 16.5. The van der Waals surface area contributed by atoms with E-state index in [1.165, 1.54) is 0 Å². The van der Waals surface area contributed by atoms with Gasteiger partial charge in [-0.25, -0.2) is 0 Å². The van der Waals surface area contributed by atoms with Crippen molar-refractivity contribution < 1.29 is 19.7 Å². The Labute approximate surface area is 99.8 Å². The van der Waals surface area contributed by atoms with E-state index in [0.29, 0.717) is 12.4 Å². The average Bonchev–Trinajstić information content (AvgIpc) is 3.06. The molecular formula is C13H16O4. The molecule has 4 heteroatoms. The molecule has 0 bridgehead atoms. The van der Waals surface area contributed by atoms with Crippen LogP contribution in [0.25, 0.3) is 0 Å². The van der Waals surface area contributed by atoms with E-state index in [0.717, 1.165) is 18.4 Å². The fourth-order valence-corrected chi connectivity index (χ4v) is 1.84. The van der Waals surface area contributed by atoms with E-state index in [1.54, 1.807) is 6.07 Å². The van der Waals surface area contributed by atoms with Gasteiger partial charge < -0.3 is 14.9 Å². The first-order valence-corrected chi connectivity index (χ1v) is 5.68. The highest BCUT2D eigenvalue weighted by molar-refractivity contribution is 5.68. The van der Waals surface area contributed by atoms with E-state index in [4.69, 9.17) is 14.9 Å². The number of rotatable bonds is 6.